The predicted octanol–water partition coefficient (Wildman–Crippen LogP) is 2.76. The van der Waals surface area contributed by atoms with E-state index in [0.717, 1.165) is 12.8 Å². The third kappa shape index (κ3) is 3.66. The smallest absolute Gasteiger partial charge is 0.172 e. The molecule has 0 spiro atoms. The highest BCUT2D eigenvalue weighted by Gasteiger charge is 2.17. The number of nitriles is 1. The van der Waals surface area contributed by atoms with Crippen molar-refractivity contribution in [3.63, 3.8) is 0 Å². The fourth-order valence-corrected chi connectivity index (χ4v) is 3.04. The lowest BCUT2D eigenvalue weighted by atomic mass is 9.96. The zero-order valence-corrected chi connectivity index (χ0v) is 13.5. The van der Waals surface area contributed by atoms with Crippen LogP contribution in [-0.4, -0.2) is 25.9 Å². The molecule has 0 unspecified atom stereocenters. The molecule has 1 fully saturated rings. The summed E-state index contributed by atoms with van der Waals surface area (Å²) in [5, 5.41) is 20.5. The summed E-state index contributed by atoms with van der Waals surface area (Å²) >= 11 is 5.41. The summed E-state index contributed by atoms with van der Waals surface area (Å²) in [5.74, 6) is 1.18. The van der Waals surface area contributed by atoms with Crippen LogP contribution >= 0.6 is 12.2 Å². The Morgan fingerprint density at radius 2 is 2.13 bits per heavy atom. The van der Waals surface area contributed by atoms with Gasteiger partial charge in [0, 0.05) is 12.2 Å². The number of pyridine rings is 1. The Labute approximate surface area is 140 Å². The van der Waals surface area contributed by atoms with Gasteiger partial charge in [0.15, 0.2) is 16.7 Å². The molecule has 1 aliphatic rings. The minimum atomic E-state index is 0.403. The Morgan fingerprint density at radius 3 is 2.83 bits per heavy atom. The third-order valence-corrected chi connectivity index (χ3v) is 4.15. The minimum absolute atomic E-state index is 0.403. The maximum Gasteiger partial charge on any atom is 0.172 e. The van der Waals surface area contributed by atoms with Crippen LogP contribution < -0.4 is 10.6 Å². The molecule has 23 heavy (non-hydrogen) atoms. The Balaban J connectivity index is 1.77. The summed E-state index contributed by atoms with van der Waals surface area (Å²) in [5.41, 5.74) is 0.434. The second kappa shape index (κ2) is 7.20. The summed E-state index contributed by atoms with van der Waals surface area (Å²) < 4.78 is 1.59. The van der Waals surface area contributed by atoms with Crippen molar-refractivity contribution in [3.8, 4) is 11.9 Å². The molecule has 2 N–H and O–H groups in total. The van der Waals surface area contributed by atoms with Crippen molar-refractivity contribution in [2.24, 2.45) is 0 Å². The molecule has 6 nitrogen and oxygen atoms in total. The van der Waals surface area contributed by atoms with E-state index in [9.17, 15) is 5.26 Å². The summed E-state index contributed by atoms with van der Waals surface area (Å²) in [6.45, 7) is 0. The van der Waals surface area contributed by atoms with Gasteiger partial charge in [-0.1, -0.05) is 25.3 Å². The number of hydrogen-bond acceptors (Lipinski definition) is 4. The first-order valence-electron chi connectivity index (χ1n) is 7.75. The zero-order valence-electron chi connectivity index (χ0n) is 12.7. The zero-order chi connectivity index (χ0) is 16.1. The van der Waals surface area contributed by atoms with Gasteiger partial charge in [0.25, 0.3) is 0 Å². The van der Waals surface area contributed by atoms with E-state index in [4.69, 9.17) is 12.2 Å². The number of rotatable bonds is 3. The van der Waals surface area contributed by atoms with Gasteiger partial charge in [-0.25, -0.2) is 4.98 Å². The molecular weight excluding hydrogens is 308 g/mol. The van der Waals surface area contributed by atoms with Crippen molar-refractivity contribution < 1.29 is 0 Å². The standard InChI is InChI=1S/C16H18N6S/c17-10-12-11-19-22(14-8-4-5-9-18-14)15(12)21-16(23)20-13-6-2-1-3-7-13/h4-5,8-9,11,13H,1-3,6-7H2,(H2,20,21,23). The third-order valence-electron chi connectivity index (χ3n) is 3.93. The normalized spacial score (nSPS) is 14.9. The first-order valence-corrected chi connectivity index (χ1v) is 8.16. The number of hydrogen-bond donors (Lipinski definition) is 2. The number of nitrogens with one attached hydrogen (secondary N) is 2. The lowest BCUT2D eigenvalue weighted by molar-refractivity contribution is 0.414. The fraction of sp³-hybridized carbons (Fsp3) is 0.375. The number of aromatic nitrogens is 3. The molecular formula is C16H18N6S. The molecule has 3 rings (SSSR count). The van der Waals surface area contributed by atoms with Crippen LogP contribution in [0.15, 0.2) is 30.6 Å². The molecule has 0 radical (unpaired) electrons. The SMILES string of the molecule is N#Cc1cnn(-c2ccccn2)c1NC(=S)NC1CCCCC1. The average Bonchev–Trinajstić information content (AvgIpc) is 2.99. The lowest BCUT2D eigenvalue weighted by Crippen LogP contribution is -2.39. The van der Waals surface area contributed by atoms with Crippen LogP contribution in [0.1, 0.15) is 37.7 Å². The van der Waals surface area contributed by atoms with Crippen molar-refractivity contribution in [2.45, 2.75) is 38.1 Å². The van der Waals surface area contributed by atoms with Crippen molar-refractivity contribution in [3.05, 3.63) is 36.2 Å². The Morgan fingerprint density at radius 1 is 1.30 bits per heavy atom. The minimum Gasteiger partial charge on any atom is -0.360 e. The highest BCUT2D eigenvalue weighted by atomic mass is 32.1. The van der Waals surface area contributed by atoms with Crippen molar-refractivity contribution in [1.82, 2.24) is 20.1 Å². The van der Waals surface area contributed by atoms with E-state index in [0.29, 0.717) is 28.4 Å². The predicted molar refractivity (Wildman–Crippen MR) is 92.3 cm³/mol. The summed E-state index contributed by atoms with van der Waals surface area (Å²) in [4.78, 5) is 4.27. The van der Waals surface area contributed by atoms with Crippen molar-refractivity contribution in [1.29, 1.82) is 5.26 Å². The van der Waals surface area contributed by atoms with Gasteiger partial charge in [-0.2, -0.15) is 15.0 Å². The molecule has 0 bridgehead atoms. The average molecular weight is 326 g/mol. The van der Waals surface area contributed by atoms with E-state index in [1.165, 1.54) is 25.5 Å². The van der Waals surface area contributed by atoms with Gasteiger partial charge in [0.05, 0.1) is 6.20 Å². The van der Waals surface area contributed by atoms with Gasteiger partial charge < -0.3 is 10.6 Å². The second-order valence-corrected chi connectivity index (χ2v) is 5.96. The van der Waals surface area contributed by atoms with Crippen LogP contribution in [0.5, 0.6) is 0 Å². The first kappa shape index (κ1) is 15.4. The quantitative estimate of drug-likeness (QED) is 0.845. The highest BCUT2D eigenvalue weighted by Crippen LogP contribution is 2.20. The largest absolute Gasteiger partial charge is 0.360 e. The van der Waals surface area contributed by atoms with Crippen molar-refractivity contribution in [2.75, 3.05) is 5.32 Å². The monoisotopic (exact) mass is 326 g/mol. The van der Waals surface area contributed by atoms with Gasteiger partial charge in [-0.3, -0.25) is 0 Å². The Kier molecular flexibility index (Phi) is 4.83. The molecule has 0 amide bonds. The topological polar surface area (TPSA) is 78.6 Å². The highest BCUT2D eigenvalue weighted by molar-refractivity contribution is 7.80. The Bertz CT molecular complexity index is 712. The van der Waals surface area contributed by atoms with E-state index in [2.05, 4.69) is 26.8 Å². The molecule has 2 aromatic rings. The number of nitrogens with zero attached hydrogens (tertiary/aromatic N) is 4. The van der Waals surface area contributed by atoms with Gasteiger partial charge in [0.1, 0.15) is 11.6 Å². The van der Waals surface area contributed by atoms with Crippen LogP contribution in [0.4, 0.5) is 5.82 Å². The van der Waals surface area contributed by atoms with Crippen LogP contribution in [-0.2, 0) is 0 Å². The second-order valence-electron chi connectivity index (χ2n) is 5.55. The van der Waals surface area contributed by atoms with Crippen LogP contribution in [0.2, 0.25) is 0 Å². The van der Waals surface area contributed by atoms with Crippen LogP contribution in [0.25, 0.3) is 5.82 Å². The molecule has 0 aromatic carbocycles. The van der Waals surface area contributed by atoms with Crippen molar-refractivity contribution >= 4 is 23.1 Å². The summed E-state index contributed by atoms with van der Waals surface area (Å²) in [7, 11) is 0. The number of thiocarbonyl (C=S) groups is 1. The van der Waals surface area contributed by atoms with Gasteiger partial charge in [-0.05, 0) is 37.2 Å². The van der Waals surface area contributed by atoms with Gasteiger partial charge in [-0.15, -0.1) is 0 Å². The molecule has 2 heterocycles. The molecule has 7 heteroatoms. The summed E-state index contributed by atoms with van der Waals surface area (Å²) in [6, 6.07) is 8.07. The molecule has 0 saturated heterocycles. The molecule has 118 valence electrons. The Hall–Kier alpha value is -2.46. The van der Waals surface area contributed by atoms with E-state index < -0.39 is 0 Å². The van der Waals surface area contributed by atoms with E-state index in [1.807, 2.05) is 18.2 Å². The van der Waals surface area contributed by atoms with Crippen LogP contribution in [0.3, 0.4) is 0 Å². The first-order chi connectivity index (χ1) is 11.3. The molecule has 1 saturated carbocycles. The molecule has 0 atom stereocenters. The molecule has 2 aromatic heterocycles. The summed E-state index contributed by atoms with van der Waals surface area (Å²) in [6.07, 6.45) is 9.22. The van der Waals surface area contributed by atoms with Gasteiger partial charge >= 0.3 is 0 Å². The van der Waals surface area contributed by atoms with E-state index in [-0.39, 0.29) is 0 Å². The molecule has 1 aliphatic carbocycles. The maximum absolute atomic E-state index is 9.29. The fourth-order valence-electron chi connectivity index (χ4n) is 2.78. The van der Waals surface area contributed by atoms with E-state index >= 15 is 0 Å². The van der Waals surface area contributed by atoms with Crippen LogP contribution in [0, 0.1) is 11.3 Å². The maximum atomic E-state index is 9.29. The van der Waals surface area contributed by atoms with Gasteiger partial charge in [0.2, 0.25) is 0 Å². The molecule has 0 aliphatic heterocycles. The van der Waals surface area contributed by atoms with E-state index in [1.54, 1.807) is 10.9 Å². The number of anilines is 1. The lowest BCUT2D eigenvalue weighted by Gasteiger charge is -2.24.